The maximum atomic E-state index is 13.2. The van der Waals surface area contributed by atoms with E-state index in [1.807, 2.05) is 0 Å². The largest absolute Gasteiger partial charge is 0.383 e. The van der Waals surface area contributed by atoms with Crippen molar-refractivity contribution in [2.75, 3.05) is 30.8 Å². The Bertz CT molecular complexity index is 1220. The van der Waals surface area contributed by atoms with Crippen molar-refractivity contribution < 1.29 is 14.3 Å². The van der Waals surface area contributed by atoms with Gasteiger partial charge in [0.05, 0.1) is 47.3 Å². The summed E-state index contributed by atoms with van der Waals surface area (Å²) in [5.41, 5.74) is 8.91. The number of aromatic nitrogens is 2. The number of nitrogens with one attached hydrogen (secondary N) is 1. The summed E-state index contributed by atoms with van der Waals surface area (Å²) < 4.78 is 6.44. The Morgan fingerprint density at radius 3 is 2.79 bits per heavy atom. The average Bonchev–Trinajstić information content (AvgIpc) is 3.16. The number of hydrogen-bond donors (Lipinski definition) is 2. The van der Waals surface area contributed by atoms with Gasteiger partial charge in [0.25, 0.3) is 0 Å². The molecule has 0 radical (unpaired) electrons. The molecule has 0 unspecified atom stereocenters. The van der Waals surface area contributed by atoms with E-state index in [9.17, 15) is 9.59 Å². The van der Waals surface area contributed by atoms with Crippen molar-refractivity contribution in [1.29, 1.82) is 0 Å². The molecule has 2 saturated heterocycles. The van der Waals surface area contributed by atoms with Gasteiger partial charge in [-0.15, -0.1) is 11.3 Å². The van der Waals surface area contributed by atoms with E-state index < -0.39 is 11.8 Å². The van der Waals surface area contributed by atoms with E-state index in [4.69, 9.17) is 15.5 Å². The predicted octanol–water partition coefficient (Wildman–Crippen LogP) is 3.63. The zero-order valence-corrected chi connectivity index (χ0v) is 19.5. The van der Waals surface area contributed by atoms with Gasteiger partial charge in [-0.1, -0.05) is 13.0 Å². The molecule has 2 aromatic heterocycles. The molecule has 8 nitrogen and oxygen atoms in total. The van der Waals surface area contributed by atoms with Crippen molar-refractivity contribution in [3.05, 3.63) is 46.6 Å². The van der Waals surface area contributed by atoms with Crippen molar-refractivity contribution in [3.63, 3.8) is 0 Å². The molecular weight excluding hydrogens is 438 g/mol. The van der Waals surface area contributed by atoms with E-state index in [0.29, 0.717) is 29.9 Å². The minimum absolute atomic E-state index is 0.160. The Kier molecular flexibility index (Phi) is 5.76. The van der Waals surface area contributed by atoms with Crippen molar-refractivity contribution in [2.24, 2.45) is 5.92 Å². The molecule has 1 aromatic carbocycles. The van der Waals surface area contributed by atoms with Crippen molar-refractivity contribution in [3.8, 4) is 0 Å². The summed E-state index contributed by atoms with van der Waals surface area (Å²) in [6.07, 6.45) is 3.27. The van der Waals surface area contributed by atoms with Crippen LogP contribution in [0.25, 0.3) is 10.2 Å². The van der Waals surface area contributed by atoms with E-state index in [0.717, 1.165) is 52.4 Å². The van der Waals surface area contributed by atoms with E-state index in [1.165, 1.54) is 6.20 Å². The van der Waals surface area contributed by atoms with E-state index in [-0.39, 0.29) is 6.04 Å². The number of piperidine rings is 1. The first kappa shape index (κ1) is 21.8. The van der Waals surface area contributed by atoms with Crippen molar-refractivity contribution >= 4 is 44.9 Å². The lowest BCUT2D eigenvalue weighted by molar-refractivity contribution is -0.146. The number of fused-ring (bicyclic) bond motifs is 1. The number of nitrogens with zero attached hydrogens (tertiary/aromatic N) is 3. The van der Waals surface area contributed by atoms with Crippen LogP contribution in [0.1, 0.15) is 47.9 Å². The number of nitrogen functional groups attached to an aromatic ring is 1. The summed E-state index contributed by atoms with van der Waals surface area (Å²) in [4.78, 5) is 36.6. The highest BCUT2D eigenvalue weighted by molar-refractivity contribution is 7.18. The number of nitrogens with two attached hydrogens (primary N) is 1. The number of carbonyl (C=O) groups is 2. The van der Waals surface area contributed by atoms with Gasteiger partial charge in [-0.25, -0.2) is 9.97 Å². The minimum atomic E-state index is -0.665. The van der Waals surface area contributed by atoms with Crippen molar-refractivity contribution in [1.82, 2.24) is 14.9 Å². The molecule has 0 bridgehead atoms. The third-order valence-electron chi connectivity index (χ3n) is 6.45. The Labute approximate surface area is 196 Å². The fourth-order valence-corrected chi connectivity index (χ4v) is 5.43. The number of amides is 2. The highest BCUT2D eigenvalue weighted by Crippen LogP contribution is 2.37. The molecule has 5 rings (SSSR count). The molecule has 2 fully saturated rings. The Morgan fingerprint density at radius 2 is 2.06 bits per heavy atom. The Balaban J connectivity index is 1.38. The highest BCUT2D eigenvalue weighted by atomic mass is 32.1. The van der Waals surface area contributed by atoms with Gasteiger partial charge >= 0.3 is 11.8 Å². The molecule has 33 heavy (non-hydrogen) atoms. The van der Waals surface area contributed by atoms with Crippen LogP contribution in [0.15, 0.2) is 30.5 Å². The second-order valence-corrected chi connectivity index (χ2v) is 10.1. The molecule has 0 saturated carbocycles. The standard InChI is InChI=1S/C24H27N5O3S/c1-13-3-5-19(15-4-6-20-18(8-15)28-23(33-20)16-11-32-12-16)29(10-13)24(31)22(30)27-17-7-14(2)21(25)26-9-17/h4,6-9,13,16,19H,3,5,10-12H2,1-2H3,(H2,25,26)(H,27,30)/t13-,19+/m0/s1. The number of pyridine rings is 1. The van der Waals surface area contributed by atoms with Crippen LogP contribution in [-0.2, 0) is 14.3 Å². The van der Waals surface area contributed by atoms with Crippen LogP contribution in [0.5, 0.6) is 0 Å². The molecule has 2 aliphatic rings. The van der Waals surface area contributed by atoms with Gasteiger partial charge in [-0.3, -0.25) is 9.59 Å². The summed E-state index contributed by atoms with van der Waals surface area (Å²) in [6, 6.07) is 7.76. The summed E-state index contributed by atoms with van der Waals surface area (Å²) in [5, 5.41) is 3.78. The number of aryl methyl sites for hydroxylation is 1. The second-order valence-electron chi connectivity index (χ2n) is 9.05. The van der Waals surface area contributed by atoms with Crippen molar-refractivity contribution in [2.45, 2.75) is 38.6 Å². The normalized spacial score (nSPS) is 21.1. The Hall–Kier alpha value is -3.04. The first-order chi connectivity index (χ1) is 15.9. The monoisotopic (exact) mass is 465 g/mol. The second kappa shape index (κ2) is 8.72. The third kappa shape index (κ3) is 4.30. The van der Waals surface area contributed by atoms with Gasteiger partial charge in [0.2, 0.25) is 0 Å². The lowest BCUT2D eigenvalue weighted by Gasteiger charge is -2.38. The molecular formula is C24H27N5O3S. The molecule has 2 atom stereocenters. The number of carbonyl (C=O) groups excluding carboxylic acids is 2. The summed E-state index contributed by atoms with van der Waals surface area (Å²) in [5.74, 6) is -0.0928. The number of thiazole rings is 1. The lowest BCUT2D eigenvalue weighted by Crippen LogP contribution is -2.46. The number of anilines is 2. The summed E-state index contributed by atoms with van der Waals surface area (Å²) >= 11 is 1.70. The molecule has 2 aliphatic heterocycles. The van der Waals surface area contributed by atoms with Crippen LogP contribution < -0.4 is 11.1 Å². The third-order valence-corrected chi connectivity index (χ3v) is 7.65. The molecule has 3 aromatic rings. The van der Waals surface area contributed by atoms with Crippen LogP contribution in [0.2, 0.25) is 0 Å². The van der Waals surface area contributed by atoms with Crippen LogP contribution >= 0.6 is 11.3 Å². The molecule has 9 heteroatoms. The number of benzene rings is 1. The quantitative estimate of drug-likeness (QED) is 0.572. The predicted molar refractivity (Wildman–Crippen MR) is 128 cm³/mol. The van der Waals surface area contributed by atoms with E-state index in [2.05, 4.69) is 35.4 Å². The van der Waals surface area contributed by atoms with E-state index >= 15 is 0 Å². The number of rotatable bonds is 3. The molecule has 0 aliphatic carbocycles. The van der Waals surface area contributed by atoms with Crippen LogP contribution in [0, 0.1) is 12.8 Å². The van der Waals surface area contributed by atoms with Crippen LogP contribution in [-0.4, -0.2) is 46.4 Å². The summed E-state index contributed by atoms with van der Waals surface area (Å²) in [6.45, 7) is 5.91. The van der Waals surface area contributed by atoms with Gasteiger partial charge in [0.1, 0.15) is 10.8 Å². The van der Waals surface area contributed by atoms with Crippen LogP contribution in [0.4, 0.5) is 11.5 Å². The maximum Gasteiger partial charge on any atom is 0.313 e. The lowest BCUT2D eigenvalue weighted by atomic mass is 9.89. The molecule has 172 valence electrons. The Morgan fingerprint density at radius 1 is 1.24 bits per heavy atom. The van der Waals surface area contributed by atoms with Crippen LogP contribution in [0.3, 0.4) is 0 Å². The number of ether oxygens (including phenoxy) is 1. The molecule has 0 spiro atoms. The zero-order valence-electron chi connectivity index (χ0n) is 18.7. The first-order valence-corrected chi connectivity index (χ1v) is 12.0. The van der Waals surface area contributed by atoms with Gasteiger partial charge in [-0.05, 0) is 55.0 Å². The topological polar surface area (TPSA) is 110 Å². The maximum absolute atomic E-state index is 13.2. The fraction of sp³-hybridized carbons (Fsp3) is 0.417. The fourth-order valence-electron chi connectivity index (χ4n) is 4.41. The van der Waals surface area contributed by atoms with Gasteiger partial charge in [-0.2, -0.15) is 0 Å². The minimum Gasteiger partial charge on any atom is -0.383 e. The highest BCUT2D eigenvalue weighted by Gasteiger charge is 2.34. The average molecular weight is 466 g/mol. The molecule has 3 N–H and O–H groups in total. The number of likely N-dealkylation sites (tertiary alicyclic amines) is 1. The smallest absolute Gasteiger partial charge is 0.313 e. The molecule has 2 amide bonds. The van der Waals surface area contributed by atoms with E-state index in [1.54, 1.807) is 29.2 Å². The first-order valence-electron chi connectivity index (χ1n) is 11.2. The van der Waals surface area contributed by atoms with Gasteiger partial charge in [0.15, 0.2) is 0 Å². The molecule has 4 heterocycles. The zero-order chi connectivity index (χ0) is 23.1. The van der Waals surface area contributed by atoms with Gasteiger partial charge in [0, 0.05) is 6.54 Å². The number of hydrogen-bond acceptors (Lipinski definition) is 7. The SMILES string of the molecule is Cc1cc(NC(=O)C(=O)N2C[C@@H](C)CC[C@@H]2c2ccc3sc(C4COC4)nc3c2)cnc1N. The summed E-state index contributed by atoms with van der Waals surface area (Å²) in [7, 11) is 0. The van der Waals surface area contributed by atoms with Gasteiger partial charge < -0.3 is 20.7 Å².